The number of fused-ring (bicyclic) bond motifs is 1. The summed E-state index contributed by atoms with van der Waals surface area (Å²) >= 11 is 0. The molecule has 3 rings (SSSR count). The van der Waals surface area contributed by atoms with Gasteiger partial charge in [-0.25, -0.2) is 4.79 Å². The molecule has 116 valence electrons. The first-order valence-corrected chi connectivity index (χ1v) is 7.65. The number of hydrogen-bond donors (Lipinski definition) is 0. The molecule has 0 amide bonds. The molecule has 1 unspecified atom stereocenters. The number of allylic oxidation sites excluding steroid dienone is 1. The number of ether oxygens (including phenoxy) is 1. The molecule has 0 aromatic heterocycles. The quantitative estimate of drug-likeness (QED) is 0.640. The summed E-state index contributed by atoms with van der Waals surface area (Å²) in [5, 5.41) is 0. The van der Waals surface area contributed by atoms with Gasteiger partial charge in [0.15, 0.2) is 0 Å². The fraction of sp³-hybridized carbons (Fsp3) is 0.200. The lowest BCUT2D eigenvalue weighted by atomic mass is 9.79. The Kier molecular flexibility index (Phi) is 4.38. The second kappa shape index (κ2) is 6.61. The van der Waals surface area contributed by atoms with Crippen molar-refractivity contribution in [2.75, 3.05) is 7.11 Å². The van der Waals surface area contributed by atoms with Crippen LogP contribution in [0.15, 0.2) is 54.1 Å². The molecule has 1 aliphatic rings. The molecule has 0 saturated carbocycles. The Labute approximate surface area is 135 Å². The van der Waals surface area contributed by atoms with Gasteiger partial charge >= 0.3 is 5.97 Å². The third kappa shape index (κ3) is 3.09. The van der Waals surface area contributed by atoms with Crippen molar-refractivity contribution in [3.8, 4) is 0 Å². The number of hydrogen-bond acceptors (Lipinski definition) is 3. The van der Waals surface area contributed by atoms with E-state index >= 15 is 0 Å². The van der Waals surface area contributed by atoms with E-state index in [1.807, 2.05) is 36.4 Å². The molecule has 3 heteroatoms. The zero-order chi connectivity index (χ0) is 16.2. The second-order valence-electron chi connectivity index (χ2n) is 5.65. The van der Waals surface area contributed by atoms with Gasteiger partial charge in [-0.1, -0.05) is 48.0 Å². The summed E-state index contributed by atoms with van der Waals surface area (Å²) in [5.41, 5.74) is 4.84. The highest BCUT2D eigenvalue weighted by molar-refractivity contribution is 5.90. The van der Waals surface area contributed by atoms with Gasteiger partial charge in [0.25, 0.3) is 0 Å². The number of esters is 1. The van der Waals surface area contributed by atoms with Crippen LogP contribution in [0.4, 0.5) is 0 Å². The molecule has 0 bridgehead atoms. The molecule has 0 N–H and O–H groups in total. The lowest BCUT2D eigenvalue weighted by molar-refractivity contribution is -0.108. The minimum Gasteiger partial charge on any atom is -0.465 e. The van der Waals surface area contributed by atoms with Gasteiger partial charge in [-0.05, 0) is 41.7 Å². The van der Waals surface area contributed by atoms with Crippen LogP contribution < -0.4 is 0 Å². The smallest absolute Gasteiger partial charge is 0.337 e. The highest BCUT2D eigenvalue weighted by Crippen LogP contribution is 2.35. The van der Waals surface area contributed by atoms with Crippen LogP contribution in [-0.2, 0) is 16.0 Å². The third-order valence-electron chi connectivity index (χ3n) is 4.27. The van der Waals surface area contributed by atoms with Crippen molar-refractivity contribution in [1.29, 1.82) is 0 Å². The SMILES string of the molecule is COC(=O)c1cccc(C=C2CCc3ccccc3C2C=O)c1. The summed E-state index contributed by atoms with van der Waals surface area (Å²) < 4.78 is 4.75. The highest BCUT2D eigenvalue weighted by Gasteiger charge is 2.23. The monoisotopic (exact) mass is 306 g/mol. The van der Waals surface area contributed by atoms with Gasteiger partial charge in [-0.3, -0.25) is 0 Å². The van der Waals surface area contributed by atoms with Gasteiger partial charge in [0.1, 0.15) is 6.29 Å². The van der Waals surface area contributed by atoms with Crippen LogP contribution in [0.5, 0.6) is 0 Å². The Morgan fingerprint density at radius 3 is 2.74 bits per heavy atom. The summed E-state index contributed by atoms with van der Waals surface area (Å²) in [7, 11) is 1.37. The summed E-state index contributed by atoms with van der Waals surface area (Å²) in [6, 6.07) is 15.4. The summed E-state index contributed by atoms with van der Waals surface area (Å²) in [4.78, 5) is 23.3. The van der Waals surface area contributed by atoms with Crippen molar-refractivity contribution in [2.24, 2.45) is 0 Å². The molecule has 0 aliphatic heterocycles. The Morgan fingerprint density at radius 2 is 1.96 bits per heavy atom. The molecule has 0 fully saturated rings. The molecule has 23 heavy (non-hydrogen) atoms. The number of carbonyl (C=O) groups excluding carboxylic acids is 2. The number of aldehydes is 1. The lowest BCUT2D eigenvalue weighted by Gasteiger charge is -2.24. The standard InChI is InChI=1S/C20H18O3/c1-23-20(22)17-7-4-5-14(12-17)11-16-10-9-15-6-2-3-8-18(15)19(16)13-21/h2-8,11-13,19H,9-10H2,1H3. The molecule has 1 aliphatic carbocycles. The average molecular weight is 306 g/mol. The predicted molar refractivity (Wildman–Crippen MR) is 89.3 cm³/mol. The predicted octanol–water partition coefficient (Wildman–Crippen LogP) is 3.79. The maximum Gasteiger partial charge on any atom is 0.337 e. The summed E-state index contributed by atoms with van der Waals surface area (Å²) in [5.74, 6) is -0.562. The normalized spacial score (nSPS) is 18.3. The van der Waals surface area contributed by atoms with Crippen LogP contribution in [0, 0.1) is 0 Å². The molecule has 0 heterocycles. The zero-order valence-electron chi connectivity index (χ0n) is 13.0. The van der Waals surface area contributed by atoms with Gasteiger partial charge < -0.3 is 9.53 Å². The molecule has 0 radical (unpaired) electrons. The first-order chi connectivity index (χ1) is 11.2. The van der Waals surface area contributed by atoms with Crippen LogP contribution >= 0.6 is 0 Å². The van der Waals surface area contributed by atoms with E-state index in [1.165, 1.54) is 12.7 Å². The zero-order valence-corrected chi connectivity index (χ0v) is 13.0. The van der Waals surface area contributed by atoms with E-state index in [-0.39, 0.29) is 11.9 Å². The molecule has 3 nitrogen and oxygen atoms in total. The molecule has 1 atom stereocenters. The highest BCUT2D eigenvalue weighted by atomic mass is 16.5. The minimum atomic E-state index is -0.355. The van der Waals surface area contributed by atoms with Crippen LogP contribution in [0.25, 0.3) is 6.08 Å². The fourth-order valence-corrected chi connectivity index (χ4v) is 3.11. The topological polar surface area (TPSA) is 43.4 Å². The average Bonchev–Trinajstić information content (AvgIpc) is 2.61. The second-order valence-corrected chi connectivity index (χ2v) is 5.65. The first kappa shape index (κ1) is 15.2. The van der Waals surface area contributed by atoms with E-state index in [0.29, 0.717) is 5.56 Å². The Hall–Kier alpha value is -2.68. The van der Waals surface area contributed by atoms with Crippen LogP contribution in [0.3, 0.4) is 0 Å². The number of rotatable bonds is 3. The van der Waals surface area contributed by atoms with Crippen molar-refractivity contribution in [1.82, 2.24) is 0 Å². The van der Waals surface area contributed by atoms with E-state index in [9.17, 15) is 9.59 Å². The summed E-state index contributed by atoms with van der Waals surface area (Å²) in [6.45, 7) is 0. The van der Waals surface area contributed by atoms with Gasteiger partial charge in [0, 0.05) is 0 Å². The third-order valence-corrected chi connectivity index (χ3v) is 4.27. The molecule has 2 aromatic carbocycles. The van der Waals surface area contributed by atoms with E-state index in [4.69, 9.17) is 4.74 Å². The van der Waals surface area contributed by atoms with Crippen LogP contribution in [-0.4, -0.2) is 19.4 Å². The van der Waals surface area contributed by atoms with Gasteiger partial charge in [-0.15, -0.1) is 0 Å². The van der Waals surface area contributed by atoms with Crippen molar-refractivity contribution in [3.63, 3.8) is 0 Å². The minimum absolute atomic E-state index is 0.207. The van der Waals surface area contributed by atoms with Crippen LogP contribution in [0.2, 0.25) is 0 Å². The maximum absolute atomic E-state index is 11.6. The van der Waals surface area contributed by atoms with E-state index in [2.05, 4.69) is 6.07 Å². The van der Waals surface area contributed by atoms with E-state index < -0.39 is 0 Å². The summed E-state index contributed by atoms with van der Waals surface area (Å²) in [6.07, 6.45) is 4.81. The Bertz CT molecular complexity index is 774. The number of benzene rings is 2. The largest absolute Gasteiger partial charge is 0.465 e. The number of aryl methyl sites for hydroxylation is 1. The Morgan fingerprint density at radius 1 is 1.13 bits per heavy atom. The van der Waals surface area contributed by atoms with Crippen molar-refractivity contribution >= 4 is 18.3 Å². The fourth-order valence-electron chi connectivity index (χ4n) is 3.11. The van der Waals surface area contributed by atoms with Crippen LogP contribution in [0.1, 0.15) is 39.4 Å². The van der Waals surface area contributed by atoms with Gasteiger partial charge in [0.2, 0.25) is 0 Å². The van der Waals surface area contributed by atoms with Crippen molar-refractivity contribution < 1.29 is 14.3 Å². The first-order valence-electron chi connectivity index (χ1n) is 7.65. The lowest BCUT2D eigenvalue weighted by Crippen LogP contribution is -2.13. The molecule has 0 saturated heterocycles. The van der Waals surface area contributed by atoms with E-state index in [1.54, 1.807) is 12.1 Å². The van der Waals surface area contributed by atoms with Gasteiger partial charge in [-0.2, -0.15) is 0 Å². The van der Waals surface area contributed by atoms with E-state index in [0.717, 1.165) is 35.8 Å². The Balaban J connectivity index is 1.97. The van der Waals surface area contributed by atoms with Crippen molar-refractivity contribution in [2.45, 2.75) is 18.8 Å². The van der Waals surface area contributed by atoms with Crippen molar-refractivity contribution in [3.05, 3.63) is 76.4 Å². The molecular formula is C20H18O3. The number of methoxy groups -OCH3 is 1. The molecular weight excluding hydrogens is 288 g/mol. The molecule has 0 spiro atoms. The molecule has 2 aromatic rings. The number of carbonyl (C=O) groups is 2. The van der Waals surface area contributed by atoms with Gasteiger partial charge in [0.05, 0.1) is 18.6 Å². The maximum atomic E-state index is 11.6.